The molecule has 0 amide bonds. The number of nitrogens with two attached hydrogens (primary N) is 1. The Hall–Kier alpha value is -0.163. The standard InChI is InChI=1S/C5H13NO2Si/c1-4-5-8-9(3,6)7-2/h4H,1,5-6H2,2-3H3. The lowest BCUT2D eigenvalue weighted by atomic mass is 10.7. The first-order valence-corrected chi connectivity index (χ1v) is 5.10. The SMILES string of the molecule is C=CCO[Si](C)(N)OC. The monoisotopic (exact) mass is 147 g/mol. The van der Waals surface area contributed by atoms with Gasteiger partial charge in [-0.15, -0.1) is 6.58 Å². The highest BCUT2D eigenvalue weighted by molar-refractivity contribution is 6.62. The molecule has 1 unspecified atom stereocenters. The second-order valence-corrected chi connectivity index (χ2v) is 4.55. The van der Waals surface area contributed by atoms with E-state index in [1.807, 2.05) is 0 Å². The van der Waals surface area contributed by atoms with E-state index in [0.717, 1.165) is 0 Å². The summed E-state index contributed by atoms with van der Waals surface area (Å²) in [6, 6.07) is 0. The van der Waals surface area contributed by atoms with E-state index >= 15 is 0 Å². The summed E-state index contributed by atoms with van der Waals surface area (Å²) in [7, 11) is -0.719. The summed E-state index contributed by atoms with van der Waals surface area (Å²) in [5, 5.41) is 5.55. The van der Waals surface area contributed by atoms with Crippen molar-refractivity contribution in [1.82, 2.24) is 0 Å². The summed E-state index contributed by atoms with van der Waals surface area (Å²) < 4.78 is 9.99. The van der Waals surface area contributed by atoms with Gasteiger partial charge >= 0.3 is 8.72 Å². The van der Waals surface area contributed by atoms with Crippen LogP contribution in [0, 0.1) is 0 Å². The summed E-state index contributed by atoms with van der Waals surface area (Å²) in [6.07, 6.45) is 1.65. The normalized spacial score (nSPS) is 16.8. The maximum atomic E-state index is 5.55. The predicted molar refractivity (Wildman–Crippen MR) is 39.0 cm³/mol. The first kappa shape index (κ1) is 8.84. The molecule has 0 aliphatic rings. The molecule has 0 fully saturated rings. The molecule has 0 spiro atoms. The molecule has 0 rings (SSSR count). The molecule has 0 aromatic rings. The van der Waals surface area contributed by atoms with Crippen LogP contribution in [0.25, 0.3) is 0 Å². The summed E-state index contributed by atoms with van der Waals surface area (Å²) in [5.41, 5.74) is 0. The van der Waals surface area contributed by atoms with Gasteiger partial charge in [0.05, 0.1) is 6.61 Å². The van der Waals surface area contributed by atoms with E-state index in [1.165, 1.54) is 0 Å². The lowest BCUT2D eigenvalue weighted by Gasteiger charge is -2.17. The topological polar surface area (TPSA) is 44.5 Å². The molecule has 1 atom stereocenters. The van der Waals surface area contributed by atoms with Crippen LogP contribution in [0.3, 0.4) is 0 Å². The van der Waals surface area contributed by atoms with Crippen molar-refractivity contribution in [3.63, 3.8) is 0 Å². The van der Waals surface area contributed by atoms with Crippen molar-refractivity contribution in [3.05, 3.63) is 12.7 Å². The fourth-order valence-electron chi connectivity index (χ4n) is 0.283. The molecule has 4 heteroatoms. The Morgan fingerprint density at radius 1 is 1.78 bits per heavy atom. The minimum Gasteiger partial charge on any atom is -0.386 e. The number of rotatable bonds is 4. The van der Waals surface area contributed by atoms with E-state index in [0.29, 0.717) is 6.61 Å². The largest absolute Gasteiger partial charge is 0.419 e. The van der Waals surface area contributed by atoms with Crippen LogP contribution in [0.15, 0.2) is 12.7 Å². The molecule has 0 aromatic heterocycles. The maximum Gasteiger partial charge on any atom is 0.419 e. The van der Waals surface area contributed by atoms with Gasteiger partial charge in [-0.25, -0.2) is 0 Å². The Kier molecular flexibility index (Phi) is 3.72. The molecule has 0 aliphatic heterocycles. The summed E-state index contributed by atoms with van der Waals surface area (Å²) in [6.45, 7) is 5.72. The quantitative estimate of drug-likeness (QED) is 0.461. The van der Waals surface area contributed by atoms with Crippen LogP contribution in [-0.4, -0.2) is 22.4 Å². The van der Waals surface area contributed by atoms with Crippen molar-refractivity contribution in [2.45, 2.75) is 6.55 Å². The Balaban J connectivity index is 3.44. The highest BCUT2D eigenvalue weighted by atomic mass is 28.4. The molecule has 0 saturated heterocycles. The van der Waals surface area contributed by atoms with E-state index in [1.54, 1.807) is 19.7 Å². The van der Waals surface area contributed by atoms with E-state index in [-0.39, 0.29) is 0 Å². The Bertz CT molecular complexity index is 95.0. The molecule has 3 nitrogen and oxygen atoms in total. The van der Waals surface area contributed by atoms with Gasteiger partial charge in [0.15, 0.2) is 0 Å². The van der Waals surface area contributed by atoms with E-state index < -0.39 is 8.72 Å². The van der Waals surface area contributed by atoms with Crippen molar-refractivity contribution in [2.24, 2.45) is 5.40 Å². The van der Waals surface area contributed by atoms with Crippen LogP contribution in [0.5, 0.6) is 0 Å². The van der Waals surface area contributed by atoms with Crippen molar-refractivity contribution >= 4 is 8.72 Å². The van der Waals surface area contributed by atoms with Gasteiger partial charge in [0.2, 0.25) is 0 Å². The third-order valence-corrected chi connectivity index (χ3v) is 2.44. The molecular formula is C5H13NO2Si. The van der Waals surface area contributed by atoms with E-state index in [4.69, 9.17) is 14.3 Å². The average molecular weight is 147 g/mol. The maximum absolute atomic E-state index is 5.55. The van der Waals surface area contributed by atoms with Gasteiger partial charge in [0.25, 0.3) is 0 Å². The fraction of sp³-hybridized carbons (Fsp3) is 0.600. The van der Waals surface area contributed by atoms with E-state index in [2.05, 4.69) is 6.58 Å². The molecule has 54 valence electrons. The zero-order chi connectivity index (χ0) is 7.33. The van der Waals surface area contributed by atoms with Gasteiger partial charge in [0.1, 0.15) is 0 Å². The first-order valence-electron chi connectivity index (χ1n) is 2.71. The highest BCUT2D eigenvalue weighted by Crippen LogP contribution is 1.94. The molecule has 0 radical (unpaired) electrons. The predicted octanol–water partition coefficient (Wildman–Crippen LogP) is 0.363. The molecule has 0 saturated carbocycles. The Labute approximate surface area is 56.8 Å². The smallest absolute Gasteiger partial charge is 0.386 e. The Morgan fingerprint density at radius 3 is 2.67 bits per heavy atom. The van der Waals surface area contributed by atoms with Crippen molar-refractivity contribution in [3.8, 4) is 0 Å². The molecule has 2 N–H and O–H groups in total. The second kappa shape index (κ2) is 3.79. The molecular weight excluding hydrogens is 134 g/mol. The van der Waals surface area contributed by atoms with Gasteiger partial charge in [-0.1, -0.05) is 6.08 Å². The molecule has 0 heterocycles. The molecule has 0 bridgehead atoms. The fourth-order valence-corrected chi connectivity index (χ4v) is 0.850. The van der Waals surface area contributed by atoms with Gasteiger partial charge in [-0.3, -0.25) is 0 Å². The van der Waals surface area contributed by atoms with Crippen LogP contribution >= 0.6 is 0 Å². The second-order valence-electron chi connectivity index (χ2n) is 1.82. The zero-order valence-electron chi connectivity index (χ0n) is 5.89. The summed E-state index contributed by atoms with van der Waals surface area (Å²) in [4.78, 5) is 0. The zero-order valence-corrected chi connectivity index (χ0v) is 6.89. The third kappa shape index (κ3) is 4.35. The van der Waals surface area contributed by atoms with Gasteiger partial charge < -0.3 is 14.3 Å². The molecule has 9 heavy (non-hydrogen) atoms. The van der Waals surface area contributed by atoms with Gasteiger partial charge in [0, 0.05) is 7.11 Å². The van der Waals surface area contributed by atoms with Crippen molar-refractivity contribution in [2.75, 3.05) is 13.7 Å². The van der Waals surface area contributed by atoms with Gasteiger partial charge in [-0.05, 0) is 6.55 Å². The van der Waals surface area contributed by atoms with Crippen molar-refractivity contribution < 1.29 is 8.85 Å². The van der Waals surface area contributed by atoms with Crippen molar-refractivity contribution in [1.29, 1.82) is 0 Å². The van der Waals surface area contributed by atoms with Gasteiger partial charge in [-0.2, -0.15) is 0 Å². The minimum atomic E-state index is -2.27. The van der Waals surface area contributed by atoms with E-state index in [9.17, 15) is 0 Å². The van der Waals surface area contributed by atoms with Crippen LogP contribution < -0.4 is 5.40 Å². The lowest BCUT2D eigenvalue weighted by molar-refractivity contribution is 0.228. The highest BCUT2D eigenvalue weighted by Gasteiger charge is 2.23. The van der Waals surface area contributed by atoms with Crippen LogP contribution in [0.1, 0.15) is 0 Å². The first-order chi connectivity index (χ1) is 4.12. The molecule has 0 aliphatic carbocycles. The number of hydrogen-bond donors (Lipinski definition) is 1. The summed E-state index contributed by atoms with van der Waals surface area (Å²) in [5.74, 6) is 0. The third-order valence-electron chi connectivity index (χ3n) is 0.893. The minimum absolute atomic E-state index is 0.465. The molecule has 0 aromatic carbocycles. The Morgan fingerprint density at radius 2 is 2.33 bits per heavy atom. The van der Waals surface area contributed by atoms with Crippen LogP contribution in [-0.2, 0) is 8.85 Å². The summed E-state index contributed by atoms with van der Waals surface area (Å²) >= 11 is 0. The van der Waals surface area contributed by atoms with Crippen LogP contribution in [0.4, 0.5) is 0 Å². The van der Waals surface area contributed by atoms with Crippen LogP contribution in [0.2, 0.25) is 6.55 Å². The lowest BCUT2D eigenvalue weighted by Crippen LogP contribution is -2.48. The average Bonchev–Trinajstić information content (AvgIpc) is 1.84. The number of hydrogen-bond acceptors (Lipinski definition) is 3.